The van der Waals surface area contributed by atoms with Gasteiger partial charge in [0.2, 0.25) is 0 Å². The van der Waals surface area contributed by atoms with E-state index in [1.54, 1.807) is 31.5 Å². The summed E-state index contributed by atoms with van der Waals surface area (Å²) in [7, 11) is 1.68. The minimum Gasteiger partial charge on any atom is -0.477 e. The van der Waals surface area contributed by atoms with Gasteiger partial charge in [-0.1, -0.05) is 6.08 Å². The summed E-state index contributed by atoms with van der Waals surface area (Å²) in [4.78, 5) is 12.3. The average Bonchev–Trinajstić information content (AvgIpc) is 2.16. The van der Waals surface area contributed by atoms with Crippen molar-refractivity contribution in [1.29, 1.82) is 0 Å². The van der Waals surface area contributed by atoms with E-state index in [1.807, 2.05) is 0 Å². The molecule has 14 heavy (non-hydrogen) atoms. The number of ether oxygens (including phenoxy) is 1. The highest BCUT2D eigenvalue weighted by Crippen LogP contribution is 2.13. The molecule has 1 aliphatic heterocycles. The fourth-order valence-electron chi connectivity index (χ4n) is 1.13. The second-order valence-corrected chi connectivity index (χ2v) is 2.90. The summed E-state index contributed by atoms with van der Waals surface area (Å²) in [6.45, 7) is 3.92. The Morgan fingerprint density at radius 3 is 3.14 bits per heavy atom. The summed E-state index contributed by atoms with van der Waals surface area (Å²) in [6, 6.07) is 0. The zero-order chi connectivity index (χ0) is 10.6. The molecule has 0 radical (unpaired) electrons. The van der Waals surface area contributed by atoms with Crippen molar-refractivity contribution in [2.75, 3.05) is 13.7 Å². The molecule has 0 saturated heterocycles. The van der Waals surface area contributed by atoms with E-state index < -0.39 is 5.97 Å². The summed E-state index contributed by atoms with van der Waals surface area (Å²) in [6.07, 6.45) is 6.37. The van der Waals surface area contributed by atoms with Crippen molar-refractivity contribution >= 4 is 5.97 Å². The molecule has 0 aromatic rings. The first-order valence-electron chi connectivity index (χ1n) is 4.24. The summed E-state index contributed by atoms with van der Waals surface area (Å²) in [5, 5.41) is 8.83. The molecule has 0 fully saturated rings. The first-order chi connectivity index (χ1) is 6.65. The van der Waals surface area contributed by atoms with E-state index in [0.29, 0.717) is 6.61 Å². The lowest BCUT2D eigenvalue weighted by Crippen LogP contribution is -2.25. The number of hydrogen-bond donors (Lipinski definition) is 1. The van der Waals surface area contributed by atoms with Crippen LogP contribution in [0.1, 0.15) is 0 Å². The lowest BCUT2D eigenvalue weighted by molar-refractivity contribution is -0.134. The van der Waals surface area contributed by atoms with Crippen LogP contribution in [0, 0.1) is 0 Å². The molecule has 76 valence electrons. The highest BCUT2D eigenvalue weighted by atomic mass is 16.5. The number of aliphatic carboxylic acids is 1. The lowest BCUT2D eigenvalue weighted by Gasteiger charge is -2.22. The topological polar surface area (TPSA) is 49.8 Å². The number of likely N-dealkylation sites (N-methyl/N-ethyl adjacent to an activating group) is 1. The summed E-state index contributed by atoms with van der Waals surface area (Å²) in [5.74, 6) is -0.955. The molecule has 0 spiro atoms. The van der Waals surface area contributed by atoms with Crippen LogP contribution in [0.2, 0.25) is 0 Å². The second kappa shape index (κ2) is 4.62. The zero-order valence-electron chi connectivity index (χ0n) is 8.01. The molecule has 1 rings (SSSR count). The Kier molecular flexibility index (Phi) is 3.48. The normalized spacial score (nSPS) is 20.5. The van der Waals surface area contributed by atoms with Crippen LogP contribution in [-0.2, 0) is 9.53 Å². The van der Waals surface area contributed by atoms with Gasteiger partial charge in [-0.25, -0.2) is 4.79 Å². The molecule has 1 heterocycles. The zero-order valence-corrected chi connectivity index (χ0v) is 8.01. The maximum Gasteiger partial charge on any atom is 0.352 e. The highest BCUT2D eigenvalue weighted by molar-refractivity contribution is 5.86. The molecule has 0 aliphatic carbocycles. The third kappa shape index (κ3) is 2.47. The minimum absolute atomic E-state index is 0.224. The standard InChI is InChI=1S/C10H13NO3/c1-3-6-14-8-4-5-11(2)9(7-8)10(12)13/h3-5,7-8H,1,6H2,2H3,(H,12,13). The smallest absolute Gasteiger partial charge is 0.352 e. The van der Waals surface area contributed by atoms with E-state index in [2.05, 4.69) is 6.58 Å². The summed E-state index contributed by atoms with van der Waals surface area (Å²) >= 11 is 0. The first kappa shape index (κ1) is 10.5. The summed E-state index contributed by atoms with van der Waals surface area (Å²) in [5.41, 5.74) is 0.224. The van der Waals surface area contributed by atoms with Gasteiger partial charge >= 0.3 is 5.97 Å². The molecule has 0 bridgehead atoms. The third-order valence-electron chi connectivity index (χ3n) is 1.83. The second-order valence-electron chi connectivity index (χ2n) is 2.90. The fourth-order valence-corrected chi connectivity index (χ4v) is 1.13. The molecule has 0 aromatic heterocycles. The number of carboxylic acid groups (broad SMARTS) is 1. The van der Waals surface area contributed by atoms with Gasteiger partial charge in [-0.2, -0.15) is 0 Å². The molecule has 1 unspecified atom stereocenters. The van der Waals surface area contributed by atoms with Gasteiger partial charge in [0.15, 0.2) is 0 Å². The monoisotopic (exact) mass is 195 g/mol. The van der Waals surface area contributed by atoms with Crippen molar-refractivity contribution in [3.63, 3.8) is 0 Å². The van der Waals surface area contributed by atoms with E-state index in [1.165, 1.54) is 4.90 Å². The van der Waals surface area contributed by atoms with Gasteiger partial charge in [-0.05, 0) is 12.2 Å². The van der Waals surface area contributed by atoms with Crippen molar-refractivity contribution in [1.82, 2.24) is 4.90 Å². The van der Waals surface area contributed by atoms with E-state index in [4.69, 9.17) is 9.84 Å². The molecule has 1 aliphatic rings. The lowest BCUT2D eigenvalue weighted by atomic mass is 10.2. The Hall–Kier alpha value is -1.55. The fraction of sp³-hybridized carbons (Fsp3) is 0.300. The SMILES string of the molecule is C=CCOC1C=CN(C)C(C(=O)O)=C1. The number of carbonyl (C=O) groups is 1. The third-order valence-corrected chi connectivity index (χ3v) is 1.83. The molecule has 0 amide bonds. The van der Waals surface area contributed by atoms with Crippen LogP contribution >= 0.6 is 0 Å². The van der Waals surface area contributed by atoms with Crippen LogP contribution < -0.4 is 0 Å². The van der Waals surface area contributed by atoms with Crippen molar-refractivity contribution in [3.8, 4) is 0 Å². The van der Waals surface area contributed by atoms with Crippen LogP contribution in [0.4, 0.5) is 0 Å². The maximum atomic E-state index is 10.8. The van der Waals surface area contributed by atoms with Gasteiger partial charge < -0.3 is 14.7 Å². The number of rotatable bonds is 4. The largest absolute Gasteiger partial charge is 0.477 e. The Morgan fingerprint density at radius 2 is 2.57 bits per heavy atom. The van der Waals surface area contributed by atoms with Crippen LogP contribution in [0.25, 0.3) is 0 Å². The summed E-state index contributed by atoms with van der Waals surface area (Å²) < 4.78 is 5.29. The van der Waals surface area contributed by atoms with Gasteiger partial charge in [0.1, 0.15) is 5.70 Å². The van der Waals surface area contributed by atoms with Crippen LogP contribution in [0.15, 0.2) is 36.7 Å². The predicted molar refractivity (Wildman–Crippen MR) is 52.6 cm³/mol. The van der Waals surface area contributed by atoms with Crippen molar-refractivity contribution < 1.29 is 14.6 Å². The van der Waals surface area contributed by atoms with Gasteiger partial charge in [-0.15, -0.1) is 6.58 Å². The first-order valence-corrected chi connectivity index (χ1v) is 4.24. The average molecular weight is 195 g/mol. The quantitative estimate of drug-likeness (QED) is 0.679. The van der Waals surface area contributed by atoms with E-state index in [-0.39, 0.29) is 11.8 Å². The number of nitrogens with zero attached hydrogens (tertiary/aromatic N) is 1. The van der Waals surface area contributed by atoms with Gasteiger partial charge in [-0.3, -0.25) is 0 Å². The van der Waals surface area contributed by atoms with Gasteiger partial charge in [0.05, 0.1) is 12.7 Å². The molecule has 1 atom stereocenters. The number of carboxylic acids is 1. The molecular formula is C10H13NO3. The Balaban J connectivity index is 2.68. The van der Waals surface area contributed by atoms with Crippen molar-refractivity contribution in [2.24, 2.45) is 0 Å². The van der Waals surface area contributed by atoms with Gasteiger partial charge in [0, 0.05) is 13.2 Å². The molecule has 1 N–H and O–H groups in total. The Labute approximate surface area is 82.8 Å². The van der Waals surface area contributed by atoms with E-state index in [0.717, 1.165) is 0 Å². The maximum absolute atomic E-state index is 10.8. The molecular weight excluding hydrogens is 182 g/mol. The number of hydrogen-bond acceptors (Lipinski definition) is 3. The predicted octanol–water partition coefficient (Wildman–Crippen LogP) is 0.985. The minimum atomic E-state index is -0.955. The highest BCUT2D eigenvalue weighted by Gasteiger charge is 2.17. The molecule has 4 nitrogen and oxygen atoms in total. The Bertz CT molecular complexity index is 294. The van der Waals surface area contributed by atoms with E-state index in [9.17, 15) is 4.79 Å². The molecule has 4 heteroatoms. The van der Waals surface area contributed by atoms with Crippen molar-refractivity contribution in [2.45, 2.75) is 6.10 Å². The van der Waals surface area contributed by atoms with Crippen LogP contribution in [0.3, 0.4) is 0 Å². The van der Waals surface area contributed by atoms with Gasteiger partial charge in [0.25, 0.3) is 0 Å². The van der Waals surface area contributed by atoms with Crippen molar-refractivity contribution in [3.05, 3.63) is 36.7 Å². The van der Waals surface area contributed by atoms with Crippen LogP contribution in [-0.4, -0.2) is 35.7 Å². The molecule has 0 saturated carbocycles. The van der Waals surface area contributed by atoms with Crippen LogP contribution in [0.5, 0.6) is 0 Å². The Morgan fingerprint density at radius 1 is 1.86 bits per heavy atom. The van der Waals surface area contributed by atoms with E-state index >= 15 is 0 Å². The molecule has 0 aromatic carbocycles.